The molecule has 136 valence electrons. The van der Waals surface area contributed by atoms with E-state index < -0.39 is 16.9 Å². The third kappa shape index (κ3) is 5.12. The Morgan fingerprint density at radius 3 is 1.74 bits per heavy atom. The fourth-order valence-corrected chi connectivity index (χ4v) is 3.28. The van der Waals surface area contributed by atoms with E-state index in [0.717, 1.165) is 12.8 Å². The van der Waals surface area contributed by atoms with E-state index in [1.54, 1.807) is 6.08 Å². The number of hydrogen-bond donors (Lipinski definition) is 0. The monoisotopic (exact) mass is 329 g/mol. The molecular formula is C18H35NO4. The van der Waals surface area contributed by atoms with Gasteiger partial charge in [0.2, 0.25) is 6.08 Å². The van der Waals surface area contributed by atoms with Crippen molar-refractivity contribution in [3.8, 4) is 0 Å². The molecule has 0 spiro atoms. The first-order valence-electron chi connectivity index (χ1n) is 8.55. The number of methoxy groups -OCH3 is 3. The smallest absolute Gasteiger partial charge is 0.310 e. The molecule has 0 aliphatic rings. The number of ether oxygens (including phenoxy) is 3. The van der Waals surface area contributed by atoms with Crippen molar-refractivity contribution in [3.63, 3.8) is 0 Å². The predicted molar refractivity (Wildman–Crippen MR) is 92.1 cm³/mol. The van der Waals surface area contributed by atoms with Crippen molar-refractivity contribution in [2.75, 3.05) is 21.3 Å². The van der Waals surface area contributed by atoms with Crippen molar-refractivity contribution in [1.29, 1.82) is 0 Å². The Labute approximate surface area is 141 Å². The summed E-state index contributed by atoms with van der Waals surface area (Å²) < 4.78 is 16.7. The van der Waals surface area contributed by atoms with Crippen LogP contribution in [0.1, 0.15) is 72.6 Å². The van der Waals surface area contributed by atoms with Crippen LogP contribution in [0.4, 0.5) is 0 Å². The lowest BCUT2D eigenvalue weighted by molar-refractivity contribution is -0.396. The topological polar surface area (TPSA) is 57.1 Å². The zero-order valence-corrected chi connectivity index (χ0v) is 16.0. The second kappa shape index (κ2) is 10.2. The number of rotatable bonds is 12. The molecule has 0 aliphatic heterocycles. The molecule has 0 bridgehead atoms. The Morgan fingerprint density at radius 2 is 1.35 bits per heavy atom. The van der Waals surface area contributed by atoms with E-state index in [0.29, 0.717) is 6.42 Å². The number of unbranched alkanes of at least 4 members (excludes halogenated alkanes) is 5. The van der Waals surface area contributed by atoms with Crippen LogP contribution in [0.25, 0.3) is 0 Å². The van der Waals surface area contributed by atoms with Gasteiger partial charge in [0.05, 0.1) is 0 Å². The van der Waals surface area contributed by atoms with Gasteiger partial charge in [0.25, 0.3) is 0 Å². The summed E-state index contributed by atoms with van der Waals surface area (Å²) in [6, 6.07) is 0. The summed E-state index contributed by atoms with van der Waals surface area (Å²) in [5.41, 5.74) is -1.37. The van der Waals surface area contributed by atoms with E-state index in [4.69, 9.17) is 14.2 Å². The van der Waals surface area contributed by atoms with Crippen LogP contribution in [0.2, 0.25) is 0 Å². The molecule has 0 N–H and O–H groups in total. The molecule has 0 radical (unpaired) electrons. The Morgan fingerprint density at radius 1 is 0.870 bits per heavy atom. The average molecular weight is 329 g/mol. The summed E-state index contributed by atoms with van der Waals surface area (Å²) in [6.45, 7) is 8.23. The van der Waals surface area contributed by atoms with Gasteiger partial charge in [-0.15, -0.1) is 0 Å². The molecule has 5 nitrogen and oxygen atoms in total. The highest BCUT2D eigenvalue weighted by Crippen LogP contribution is 2.48. The molecule has 0 aromatic carbocycles. The first-order valence-corrected chi connectivity index (χ1v) is 8.55. The van der Waals surface area contributed by atoms with E-state index in [-0.39, 0.29) is 0 Å². The minimum atomic E-state index is -1.41. The molecular weight excluding hydrogens is 294 g/mol. The van der Waals surface area contributed by atoms with Gasteiger partial charge in [-0.2, -0.15) is 4.99 Å². The van der Waals surface area contributed by atoms with Gasteiger partial charge in [-0.3, -0.25) is 0 Å². The van der Waals surface area contributed by atoms with Gasteiger partial charge in [-0.25, -0.2) is 4.79 Å². The van der Waals surface area contributed by atoms with Crippen molar-refractivity contribution in [2.45, 2.75) is 84.2 Å². The summed E-state index contributed by atoms with van der Waals surface area (Å²) in [7, 11) is 4.53. The number of carbonyl (C=O) groups excluding carboxylic acids is 1. The molecule has 1 unspecified atom stereocenters. The predicted octanol–water partition coefficient (Wildman–Crippen LogP) is 4.45. The van der Waals surface area contributed by atoms with Gasteiger partial charge in [-0.1, -0.05) is 66.2 Å². The first kappa shape index (κ1) is 22.3. The van der Waals surface area contributed by atoms with Crippen LogP contribution in [-0.4, -0.2) is 38.9 Å². The summed E-state index contributed by atoms with van der Waals surface area (Å²) >= 11 is 0. The average Bonchev–Trinajstić information content (AvgIpc) is 2.51. The lowest BCUT2D eigenvalue weighted by Crippen LogP contribution is -2.63. The van der Waals surface area contributed by atoms with Crippen molar-refractivity contribution in [1.82, 2.24) is 0 Å². The van der Waals surface area contributed by atoms with Crippen molar-refractivity contribution in [3.05, 3.63) is 0 Å². The standard InChI is InChI=1S/C18H35NO4/c1-8-9-10-11-12-13-14-17(19-15-20,16(2,3)4)18(21-5,22-6)23-7/h8-14H2,1-7H3. The molecule has 0 fully saturated rings. The number of isocyanates is 1. The zero-order valence-electron chi connectivity index (χ0n) is 16.0. The quantitative estimate of drug-likeness (QED) is 0.230. The molecule has 0 aromatic rings. The van der Waals surface area contributed by atoms with Gasteiger partial charge in [0.1, 0.15) is 0 Å². The Hall–Kier alpha value is -0.740. The Balaban J connectivity index is 5.41. The van der Waals surface area contributed by atoms with Crippen molar-refractivity contribution < 1.29 is 19.0 Å². The van der Waals surface area contributed by atoms with Crippen LogP contribution >= 0.6 is 0 Å². The highest BCUT2D eigenvalue weighted by Gasteiger charge is 2.61. The molecule has 0 rings (SSSR count). The minimum absolute atomic E-state index is 0.407. The fraction of sp³-hybridized carbons (Fsp3) is 0.944. The molecule has 0 aromatic heterocycles. The third-order valence-electron chi connectivity index (χ3n) is 4.68. The third-order valence-corrected chi connectivity index (χ3v) is 4.68. The van der Waals surface area contributed by atoms with E-state index in [1.807, 2.05) is 20.8 Å². The number of hydrogen-bond acceptors (Lipinski definition) is 5. The molecule has 0 aliphatic carbocycles. The lowest BCUT2D eigenvalue weighted by Gasteiger charge is -2.50. The molecule has 0 amide bonds. The largest absolute Gasteiger partial charge is 0.329 e. The van der Waals surface area contributed by atoms with Crippen LogP contribution in [0.5, 0.6) is 0 Å². The SMILES string of the molecule is CCCCCCCCC(N=C=O)(C(C)(C)C)C(OC)(OC)OC. The maximum absolute atomic E-state index is 11.2. The molecule has 0 saturated heterocycles. The molecule has 0 heterocycles. The van der Waals surface area contributed by atoms with Gasteiger partial charge >= 0.3 is 5.97 Å². The van der Waals surface area contributed by atoms with E-state index in [9.17, 15) is 4.79 Å². The van der Waals surface area contributed by atoms with Crippen molar-refractivity contribution >= 4 is 6.08 Å². The minimum Gasteiger partial charge on any atom is -0.329 e. The van der Waals surface area contributed by atoms with E-state index >= 15 is 0 Å². The summed E-state index contributed by atoms with van der Waals surface area (Å²) in [6.07, 6.45) is 9.25. The molecule has 1 atom stereocenters. The van der Waals surface area contributed by atoms with Gasteiger partial charge < -0.3 is 14.2 Å². The highest BCUT2D eigenvalue weighted by molar-refractivity contribution is 5.36. The zero-order chi connectivity index (χ0) is 18.0. The maximum atomic E-state index is 11.2. The van der Waals surface area contributed by atoms with Gasteiger partial charge in [0.15, 0.2) is 5.54 Å². The molecule has 0 saturated carbocycles. The second-order valence-corrected chi connectivity index (χ2v) is 7.00. The van der Waals surface area contributed by atoms with E-state index in [2.05, 4.69) is 11.9 Å². The highest BCUT2D eigenvalue weighted by atomic mass is 16.9. The Kier molecular flexibility index (Phi) is 9.86. The van der Waals surface area contributed by atoms with Crippen molar-refractivity contribution in [2.24, 2.45) is 10.4 Å². The summed E-state index contributed by atoms with van der Waals surface area (Å²) in [5.74, 6) is -1.41. The second-order valence-electron chi connectivity index (χ2n) is 7.00. The van der Waals surface area contributed by atoms with Gasteiger partial charge in [0, 0.05) is 21.3 Å². The fourth-order valence-electron chi connectivity index (χ4n) is 3.28. The number of aliphatic imine (C=N–C) groups is 1. The van der Waals surface area contributed by atoms with E-state index in [1.165, 1.54) is 47.0 Å². The van der Waals surface area contributed by atoms with Gasteiger partial charge in [-0.05, 0) is 11.8 Å². The Bertz CT molecular complexity index is 359. The van der Waals surface area contributed by atoms with Crippen LogP contribution in [0.15, 0.2) is 4.99 Å². The normalized spacial score (nSPS) is 15.1. The first-order chi connectivity index (χ1) is 10.8. The van der Waals surface area contributed by atoms with Crippen LogP contribution < -0.4 is 0 Å². The van der Waals surface area contributed by atoms with Crippen LogP contribution in [0, 0.1) is 5.41 Å². The maximum Gasteiger partial charge on any atom is 0.310 e. The summed E-state index contributed by atoms with van der Waals surface area (Å²) in [5, 5.41) is 0. The summed E-state index contributed by atoms with van der Waals surface area (Å²) in [4.78, 5) is 15.3. The van der Waals surface area contributed by atoms with Crippen LogP contribution in [-0.2, 0) is 19.0 Å². The number of nitrogens with zero attached hydrogens (tertiary/aromatic N) is 1. The lowest BCUT2D eigenvalue weighted by atomic mass is 9.69. The van der Waals surface area contributed by atoms with Crippen LogP contribution in [0.3, 0.4) is 0 Å². The molecule has 23 heavy (non-hydrogen) atoms. The molecule has 5 heteroatoms.